The molecule has 60 valence electrons. The molecule has 0 saturated heterocycles. The maximum absolute atomic E-state index is 4.30. The van der Waals surface area contributed by atoms with E-state index in [1.807, 2.05) is 24.4 Å². The van der Waals surface area contributed by atoms with Crippen molar-refractivity contribution in [3.05, 3.63) is 45.8 Å². The molecule has 1 aromatic rings. The third-order valence-corrected chi connectivity index (χ3v) is 2.02. The summed E-state index contributed by atoms with van der Waals surface area (Å²) in [4.78, 5) is 7.39. The lowest BCUT2D eigenvalue weighted by Crippen LogP contribution is -2.21. The van der Waals surface area contributed by atoms with Crippen molar-refractivity contribution >= 4 is 22.0 Å². The molecule has 1 aliphatic rings. The zero-order valence-electron chi connectivity index (χ0n) is 6.34. The van der Waals surface area contributed by atoms with Gasteiger partial charge in [-0.1, -0.05) is 6.58 Å². The monoisotopic (exact) mass is 222 g/mol. The van der Waals surface area contributed by atoms with E-state index in [4.69, 9.17) is 0 Å². The lowest BCUT2D eigenvalue weighted by atomic mass is 10.3. The van der Waals surface area contributed by atoms with Crippen molar-refractivity contribution in [3.8, 4) is 0 Å². The van der Waals surface area contributed by atoms with Crippen LogP contribution in [-0.4, -0.2) is 4.98 Å². The third-order valence-electron chi connectivity index (χ3n) is 1.62. The van der Waals surface area contributed by atoms with Gasteiger partial charge in [0, 0.05) is 6.20 Å². The van der Waals surface area contributed by atoms with E-state index in [0.717, 1.165) is 20.9 Å². The average molecular weight is 223 g/mol. The molecule has 0 fully saturated rings. The fourth-order valence-electron chi connectivity index (χ4n) is 1.11. The van der Waals surface area contributed by atoms with Gasteiger partial charge in [0.15, 0.2) is 0 Å². The Morgan fingerprint density at radius 1 is 1.42 bits per heavy atom. The molecule has 1 N–H and O–H groups in total. The minimum atomic E-state index is 0.808. The van der Waals surface area contributed by atoms with E-state index >= 15 is 0 Å². The number of fused-ring (bicyclic) bond motifs is 1. The molecule has 2 rings (SSSR count). The van der Waals surface area contributed by atoms with Crippen LogP contribution in [-0.2, 0) is 0 Å². The van der Waals surface area contributed by atoms with Crippen molar-refractivity contribution < 1.29 is 0 Å². The number of hydrogen-bond acceptors (Lipinski definition) is 1. The van der Waals surface area contributed by atoms with Gasteiger partial charge in [-0.3, -0.25) is 0 Å². The Hall–Kier alpha value is -1.09. The number of nitrogens with zero attached hydrogens (tertiary/aromatic N) is 1. The highest BCUT2D eigenvalue weighted by molar-refractivity contribution is 9.11. The average Bonchev–Trinajstić information content (AvgIpc) is 2.31. The zero-order valence-corrected chi connectivity index (χ0v) is 7.93. The second kappa shape index (κ2) is 2.75. The first-order valence-electron chi connectivity index (χ1n) is 3.56. The summed E-state index contributed by atoms with van der Waals surface area (Å²) in [6.07, 6.45) is 5.71. The lowest BCUT2D eigenvalue weighted by molar-refractivity contribution is 1.26. The Labute approximate surface area is 78.2 Å². The molecule has 1 aromatic heterocycles. The second-order valence-electron chi connectivity index (χ2n) is 2.57. The predicted molar refractivity (Wildman–Crippen MR) is 52.2 cm³/mol. The number of rotatable bonds is 0. The van der Waals surface area contributed by atoms with Crippen LogP contribution in [0.2, 0.25) is 0 Å². The molecule has 12 heavy (non-hydrogen) atoms. The van der Waals surface area contributed by atoms with Gasteiger partial charge >= 0.3 is 0 Å². The van der Waals surface area contributed by atoms with Crippen molar-refractivity contribution in [2.45, 2.75) is 0 Å². The quantitative estimate of drug-likeness (QED) is 0.640. The highest BCUT2D eigenvalue weighted by Gasteiger charge is 1.96. The smallest absolute Gasteiger partial charge is 0.107 e. The highest BCUT2D eigenvalue weighted by Crippen LogP contribution is 2.10. The van der Waals surface area contributed by atoms with Gasteiger partial charge in [-0.25, -0.2) is 4.99 Å². The summed E-state index contributed by atoms with van der Waals surface area (Å²) >= 11 is 3.33. The molecular formula is C9H7BrN2. The number of allylic oxidation sites excluding steroid dienone is 2. The Bertz CT molecular complexity index is 465. The van der Waals surface area contributed by atoms with Crippen LogP contribution in [0.5, 0.6) is 0 Å². The first-order chi connectivity index (χ1) is 5.75. The number of H-pyrrole nitrogens is 1. The number of aromatic nitrogens is 1. The van der Waals surface area contributed by atoms with Crippen molar-refractivity contribution in [1.82, 2.24) is 4.98 Å². The normalized spacial score (nSPS) is 15.4. The van der Waals surface area contributed by atoms with Gasteiger partial charge in [-0.2, -0.15) is 0 Å². The van der Waals surface area contributed by atoms with Crippen LogP contribution in [0.4, 0.5) is 0 Å². The number of halogens is 1. The van der Waals surface area contributed by atoms with Crippen LogP contribution < -0.4 is 10.7 Å². The molecule has 3 heteroatoms. The fourth-order valence-corrected chi connectivity index (χ4v) is 1.60. The molecule has 0 saturated carbocycles. The van der Waals surface area contributed by atoms with E-state index in [0.29, 0.717) is 0 Å². The van der Waals surface area contributed by atoms with Crippen molar-refractivity contribution in [3.63, 3.8) is 0 Å². The summed E-state index contributed by atoms with van der Waals surface area (Å²) in [6, 6.07) is 1.93. The number of aromatic amines is 1. The van der Waals surface area contributed by atoms with Crippen molar-refractivity contribution in [2.75, 3.05) is 0 Å². The van der Waals surface area contributed by atoms with E-state index in [1.54, 1.807) is 0 Å². The SMILES string of the molecule is C=C1C=C(Br)N=c2cc[nH]c2=C1. The number of nitrogens with one attached hydrogen (secondary N) is 1. The lowest BCUT2D eigenvalue weighted by Gasteiger charge is -1.85. The zero-order chi connectivity index (χ0) is 8.55. The highest BCUT2D eigenvalue weighted by atomic mass is 79.9. The maximum atomic E-state index is 4.30. The standard InChI is InChI=1S/C9H7BrN2/c1-6-4-8-7(2-3-11-8)12-9(10)5-6/h2-5,11H,1H2. The molecule has 0 spiro atoms. The van der Waals surface area contributed by atoms with Gasteiger partial charge in [-0.15, -0.1) is 0 Å². The summed E-state index contributed by atoms with van der Waals surface area (Å²) < 4.78 is 0.808. The molecule has 0 aliphatic carbocycles. The number of hydrogen-bond donors (Lipinski definition) is 1. The van der Waals surface area contributed by atoms with Crippen molar-refractivity contribution in [2.24, 2.45) is 4.99 Å². The summed E-state index contributed by atoms with van der Waals surface area (Å²) in [5.41, 5.74) is 0.937. The maximum Gasteiger partial charge on any atom is 0.107 e. The Balaban J connectivity index is 2.82. The van der Waals surface area contributed by atoms with Crippen LogP contribution in [0.3, 0.4) is 0 Å². The van der Waals surface area contributed by atoms with Gasteiger partial charge < -0.3 is 4.98 Å². The molecule has 0 atom stereocenters. The van der Waals surface area contributed by atoms with E-state index in [-0.39, 0.29) is 0 Å². The Morgan fingerprint density at radius 3 is 3.08 bits per heavy atom. The second-order valence-corrected chi connectivity index (χ2v) is 3.39. The third kappa shape index (κ3) is 1.28. The molecule has 0 unspecified atom stereocenters. The van der Waals surface area contributed by atoms with Crippen LogP contribution >= 0.6 is 15.9 Å². The topological polar surface area (TPSA) is 28.1 Å². The van der Waals surface area contributed by atoms with Gasteiger partial charge in [0.25, 0.3) is 0 Å². The van der Waals surface area contributed by atoms with Crippen molar-refractivity contribution in [1.29, 1.82) is 0 Å². The van der Waals surface area contributed by atoms with Crippen LogP contribution in [0.1, 0.15) is 0 Å². The summed E-state index contributed by atoms with van der Waals surface area (Å²) in [5.74, 6) is 0. The van der Waals surface area contributed by atoms with Crippen LogP contribution in [0.15, 0.2) is 40.1 Å². The van der Waals surface area contributed by atoms with Gasteiger partial charge in [0.1, 0.15) is 4.61 Å². The molecular weight excluding hydrogens is 216 g/mol. The summed E-state index contributed by atoms with van der Waals surface area (Å²) in [6.45, 7) is 3.86. The van der Waals surface area contributed by atoms with Gasteiger partial charge in [0.2, 0.25) is 0 Å². The Kier molecular flexibility index (Phi) is 1.73. The van der Waals surface area contributed by atoms with Gasteiger partial charge in [-0.05, 0) is 39.7 Å². The van der Waals surface area contributed by atoms with E-state index in [9.17, 15) is 0 Å². The summed E-state index contributed by atoms with van der Waals surface area (Å²) in [5, 5.41) is 1.95. The molecule has 2 nitrogen and oxygen atoms in total. The van der Waals surface area contributed by atoms with E-state index in [1.165, 1.54) is 0 Å². The molecule has 0 radical (unpaired) electrons. The van der Waals surface area contributed by atoms with Gasteiger partial charge in [0.05, 0.1) is 10.7 Å². The first kappa shape index (κ1) is 7.55. The molecule has 2 heterocycles. The predicted octanol–water partition coefficient (Wildman–Crippen LogP) is 1.22. The first-order valence-corrected chi connectivity index (χ1v) is 4.35. The van der Waals surface area contributed by atoms with Crippen LogP contribution in [0.25, 0.3) is 6.08 Å². The molecule has 0 aromatic carbocycles. The fraction of sp³-hybridized carbons (Fsp3) is 0. The molecule has 0 bridgehead atoms. The largest absolute Gasteiger partial charge is 0.360 e. The van der Waals surface area contributed by atoms with E-state index < -0.39 is 0 Å². The minimum Gasteiger partial charge on any atom is -0.360 e. The molecule has 1 aliphatic heterocycles. The van der Waals surface area contributed by atoms with Crippen LogP contribution in [0, 0.1) is 0 Å². The summed E-state index contributed by atoms with van der Waals surface area (Å²) in [7, 11) is 0. The Morgan fingerprint density at radius 2 is 2.25 bits per heavy atom. The molecule has 0 amide bonds. The van der Waals surface area contributed by atoms with E-state index in [2.05, 4.69) is 32.5 Å². The minimum absolute atomic E-state index is 0.808.